The average Bonchev–Trinajstić information content (AvgIpc) is 3.68. The van der Waals surface area contributed by atoms with Crippen LogP contribution in [-0.4, -0.2) is 62.7 Å². The summed E-state index contributed by atoms with van der Waals surface area (Å²) in [5, 5.41) is 43.6. The first-order chi connectivity index (χ1) is 23.6. The number of aliphatic hydroxyl groups is 1. The predicted octanol–water partition coefficient (Wildman–Crippen LogP) is 7.69. The summed E-state index contributed by atoms with van der Waals surface area (Å²) in [4.78, 5) is 14.1. The van der Waals surface area contributed by atoms with Crippen LogP contribution < -0.4 is 16.0 Å². The lowest BCUT2D eigenvalue weighted by molar-refractivity contribution is 0.190. The third kappa shape index (κ3) is 8.36. The van der Waals surface area contributed by atoms with Crippen LogP contribution in [0.5, 0.6) is 0 Å². The van der Waals surface area contributed by atoms with E-state index in [4.69, 9.17) is 19.4 Å². The number of nitrogens with zero attached hydrogens (tertiary/aromatic N) is 8. The monoisotopic (exact) mass is 679 g/mol. The molecule has 3 heterocycles. The Bertz CT molecular complexity index is 2020. The van der Waals surface area contributed by atoms with Crippen LogP contribution in [0.1, 0.15) is 29.2 Å². The number of rotatable bonds is 15. The van der Waals surface area contributed by atoms with Crippen molar-refractivity contribution in [1.29, 1.82) is 5.26 Å². The number of para-hydroxylation sites is 1. The fourth-order valence-electron chi connectivity index (χ4n) is 4.93. The first-order valence-corrected chi connectivity index (χ1v) is 16.1. The molecule has 0 radical (unpaired) electrons. The maximum absolute atomic E-state index is 9.96. The largest absolute Gasteiger partial charge is 0.505 e. The maximum atomic E-state index is 9.96. The molecule has 0 amide bonds. The fourth-order valence-corrected chi connectivity index (χ4v) is 5.82. The third-order valence-electron chi connectivity index (χ3n) is 7.13. The van der Waals surface area contributed by atoms with E-state index < -0.39 is 0 Å². The fraction of sp³-hybridized carbons (Fsp3) is 0.265. The van der Waals surface area contributed by atoms with Gasteiger partial charge in [0.25, 0.3) is 0 Å². The minimum atomic E-state index is -0.246. The Morgan fingerprint density at radius 1 is 1.10 bits per heavy atom. The Hall–Kier alpha value is -5.85. The van der Waals surface area contributed by atoms with Crippen LogP contribution in [0.3, 0.4) is 0 Å². The molecule has 15 heteroatoms. The van der Waals surface area contributed by atoms with Crippen molar-refractivity contribution in [1.82, 2.24) is 24.7 Å². The summed E-state index contributed by atoms with van der Waals surface area (Å²) in [5.41, 5.74) is 5.33. The number of ether oxygens (including phenoxy) is 2. The van der Waals surface area contributed by atoms with Crippen molar-refractivity contribution in [2.75, 3.05) is 42.8 Å². The Morgan fingerprint density at radius 3 is 2.53 bits per heavy atom. The molecule has 4 N–H and O–H groups in total. The minimum Gasteiger partial charge on any atom is -0.505 e. The van der Waals surface area contributed by atoms with Gasteiger partial charge in [-0.15, -0.1) is 15.3 Å². The molecule has 3 aromatic heterocycles. The van der Waals surface area contributed by atoms with Crippen molar-refractivity contribution in [2.24, 2.45) is 10.2 Å². The van der Waals surface area contributed by atoms with E-state index in [0.29, 0.717) is 23.4 Å². The zero-order valence-corrected chi connectivity index (χ0v) is 28.7. The molecule has 252 valence electrons. The van der Waals surface area contributed by atoms with E-state index in [1.54, 1.807) is 13.3 Å². The molecule has 2 aromatic carbocycles. The molecule has 0 aliphatic rings. The first kappa shape index (κ1) is 34.5. The molecule has 1 unspecified atom stereocenters. The highest BCUT2D eigenvalue weighted by molar-refractivity contribution is 7.20. The summed E-state index contributed by atoms with van der Waals surface area (Å²) < 4.78 is 13.3. The topological polar surface area (TPSA) is 180 Å². The summed E-state index contributed by atoms with van der Waals surface area (Å²) in [5.74, 6) is 0.909. The molecule has 0 aliphatic carbocycles. The van der Waals surface area contributed by atoms with Gasteiger partial charge in [0.15, 0.2) is 23.1 Å². The van der Waals surface area contributed by atoms with Gasteiger partial charge in [0.1, 0.15) is 24.0 Å². The van der Waals surface area contributed by atoms with Crippen LogP contribution in [0.2, 0.25) is 0 Å². The average molecular weight is 680 g/mol. The first-order valence-electron chi connectivity index (χ1n) is 15.3. The number of nitriles is 1. The molecule has 5 aromatic rings. The van der Waals surface area contributed by atoms with Crippen LogP contribution in [0, 0.1) is 32.1 Å². The molecule has 0 fully saturated rings. The molecule has 0 aliphatic heterocycles. The number of aliphatic hydroxyl groups excluding tert-OH is 1. The van der Waals surface area contributed by atoms with Gasteiger partial charge in [0.05, 0.1) is 29.6 Å². The molecule has 0 bridgehead atoms. The molecule has 0 saturated carbocycles. The van der Waals surface area contributed by atoms with E-state index in [9.17, 15) is 10.4 Å². The van der Waals surface area contributed by atoms with Crippen molar-refractivity contribution in [3.8, 4) is 11.2 Å². The SMILES string of the molecule is C=C(O)C(=C)OCCNc1nc(Nc2c(C)cc(C)cc2C)c(N=Nc2nn(-c3nc4ccccc4s3)cc2C#N)c(NC(C)COC)n1. The minimum absolute atomic E-state index is 0.0733. The van der Waals surface area contributed by atoms with Crippen molar-refractivity contribution in [3.05, 3.63) is 89.5 Å². The van der Waals surface area contributed by atoms with E-state index in [1.807, 2.05) is 52.0 Å². The summed E-state index contributed by atoms with van der Waals surface area (Å²) in [7, 11) is 1.61. The lowest BCUT2D eigenvalue weighted by Gasteiger charge is -2.20. The maximum Gasteiger partial charge on any atom is 0.226 e. The molecule has 0 spiro atoms. The van der Waals surface area contributed by atoms with E-state index in [1.165, 1.54) is 16.0 Å². The Balaban J connectivity index is 1.57. The van der Waals surface area contributed by atoms with E-state index in [2.05, 4.69) is 67.6 Å². The standard InChI is InChI=1S/C34H37N11O3S/c1-19-14-20(2)28(21(3)15-19)39-32-29(31(37-22(4)18-47-7)40-33(41-32)36-12-13-48-24(6)23(5)46)42-43-30-25(16-35)17-45(44-30)34-38-26-10-8-9-11-27(26)49-34/h8-11,14-15,17,22,46H,5-6,12-13,18H2,1-4,7H3,(H3,36,37,39,40,41). The second-order valence-electron chi connectivity index (χ2n) is 11.2. The molecule has 49 heavy (non-hydrogen) atoms. The zero-order valence-electron chi connectivity index (χ0n) is 27.9. The second-order valence-corrected chi connectivity index (χ2v) is 12.2. The van der Waals surface area contributed by atoms with Crippen molar-refractivity contribution in [3.63, 3.8) is 0 Å². The molecule has 0 saturated heterocycles. The van der Waals surface area contributed by atoms with E-state index in [-0.39, 0.29) is 53.7 Å². The number of benzene rings is 2. The Labute approximate surface area is 287 Å². The zero-order chi connectivity index (χ0) is 35.1. The number of fused-ring (bicyclic) bond motifs is 1. The summed E-state index contributed by atoms with van der Waals surface area (Å²) in [6.07, 6.45) is 1.58. The molecule has 14 nitrogen and oxygen atoms in total. The summed E-state index contributed by atoms with van der Waals surface area (Å²) >= 11 is 1.45. The van der Waals surface area contributed by atoms with Crippen molar-refractivity contribution >= 4 is 56.3 Å². The highest BCUT2D eigenvalue weighted by Gasteiger charge is 2.20. The molecule has 1 atom stereocenters. The highest BCUT2D eigenvalue weighted by atomic mass is 32.1. The van der Waals surface area contributed by atoms with Crippen molar-refractivity contribution < 1.29 is 14.6 Å². The summed E-state index contributed by atoms with van der Waals surface area (Å²) in [6.45, 7) is 15.9. The smallest absolute Gasteiger partial charge is 0.226 e. The van der Waals surface area contributed by atoms with E-state index >= 15 is 0 Å². The number of nitrogens with one attached hydrogen (secondary N) is 3. The van der Waals surface area contributed by atoms with Gasteiger partial charge in [-0.2, -0.15) is 15.2 Å². The van der Waals surface area contributed by atoms with Crippen LogP contribution in [0.25, 0.3) is 15.3 Å². The number of methoxy groups -OCH3 is 1. The van der Waals surface area contributed by atoms with Gasteiger partial charge in [0, 0.05) is 18.8 Å². The number of hydrogen-bond donors (Lipinski definition) is 4. The Kier molecular flexibility index (Phi) is 10.8. The number of aromatic nitrogens is 5. The summed E-state index contributed by atoms with van der Waals surface area (Å²) in [6, 6.07) is 13.9. The van der Waals surface area contributed by atoms with Gasteiger partial charge in [0.2, 0.25) is 16.9 Å². The number of anilines is 4. The molecular weight excluding hydrogens is 643 g/mol. The molecular formula is C34H37N11O3S. The van der Waals surface area contributed by atoms with Gasteiger partial charge in [-0.05, 0) is 51.0 Å². The number of azo groups is 1. The van der Waals surface area contributed by atoms with Gasteiger partial charge in [-0.25, -0.2) is 9.67 Å². The molecule has 5 rings (SSSR count). The van der Waals surface area contributed by atoms with Crippen LogP contribution in [0.15, 0.2) is 77.5 Å². The number of hydrogen-bond acceptors (Lipinski definition) is 14. The third-order valence-corrected chi connectivity index (χ3v) is 8.15. The number of thiazole rings is 1. The van der Waals surface area contributed by atoms with Gasteiger partial charge < -0.3 is 30.5 Å². The van der Waals surface area contributed by atoms with Crippen LogP contribution in [0.4, 0.5) is 34.8 Å². The highest BCUT2D eigenvalue weighted by Crippen LogP contribution is 2.38. The number of aryl methyl sites for hydroxylation is 3. The lowest BCUT2D eigenvalue weighted by Crippen LogP contribution is -2.22. The Morgan fingerprint density at radius 2 is 1.84 bits per heavy atom. The van der Waals surface area contributed by atoms with E-state index in [0.717, 1.165) is 32.6 Å². The van der Waals surface area contributed by atoms with Gasteiger partial charge >= 0.3 is 0 Å². The lowest BCUT2D eigenvalue weighted by atomic mass is 10.1. The van der Waals surface area contributed by atoms with Crippen molar-refractivity contribution in [2.45, 2.75) is 33.7 Å². The predicted molar refractivity (Wildman–Crippen MR) is 192 cm³/mol. The van der Waals surface area contributed by atoms with Gasteiger partial charge in [-0.3, -0.25) is 0 Å². The quantitative estimate of drug-likeness (QED) is 0.0369. The van der Waals surface area contributed by atoms with Crippen LogP contribution >= 0.6 is 11.3 Å². The second kappa shape index (κ2) is 15.4. The van der Waals surface area contributed by atoms with Gasteiger partial charge in [-0.1, -0.05) is 54.3 Å². The van der Waals surface area contributed by atoms with Crippen LogP contribution in [-0.2, 0) is 9.47 Å². The normalized spacial score (nSPS) is 11.8.